The van der Waals surface area contributed by atoms with Gasteiger partial charge in [-0.3, -0.25) is 9.89 Å². The lowest BCUT2D eigenvalue weighted by molar-refractivity contribution is 0.0950. The van der Waals surface area contributed by atoms with Crippen molar-refractivity contribution in [2.45, 2.75) is 6.92 Å². The van der Waals surface area contributed by atoms with Crippen molar-refractivity contribution in [3.05, 3.63) is 53.7 Å². The molecule has 1 heterocycles. The Hall–Kier alpha value is -4.01. The maximum Gasteiger partial charge on any atom is 0.289 e. The number of hydrogen-bond acceptors (Lipinski definition) is 7. The van der Waals surface area contributed by atoms with E-state index in [0.717, 1.165) is 5.56 Å². The minimum Gasteiger partial charge on any atom is -0.504 e. The van der Waals surface area contributed by atoms with Crippen LogP contribution in [-0.4, -0.2) is 48.3 Å². The highest BCUT2D eigenvalue weighted by Gasteiger charge is 2.13. The van der Waals surface area contributed by atoms with Crippen LogP contribution in [0.15, 0.2) is 47.6 Å². The molecule has 2 aromatic carbocycles. The van der Waals surface area contributed by atoms with E-state index in [1.165, 1.54) is 6.21 Å². The quantitative estimate of drug-likeness (QED) is 0.388. The van der Waals surface area contributed by atoms with Gasteiger partial charge in [0.05, 0.1) is 32.7 Å². The van der Waals surface area contributed by atoms with E-state index in [9.17, 15) is 9.90 Å². The standard InChI is InChI=1S/C21H22N4O5/c1-4-30-18-7-5-6-14(20(18)26)12-22-25-21(27)16-11-15(23-24-16)13-8-9-17(28-2)19(10-13)29-3/h5-12,26H,4H2,1-3H3,(H,23,24)(H,25,27). The van der Waals surface area contributed by atoms with Crippen molar-refractivity contribution in [3.8, 4) is 34.3 Å². The van der Waals surface area contributed by atoms with E-state index < -0.39 is 5.91 Å². The van der Waals surface area contributed by atoms with Crippen LogP contribution in [0, 0.1) is 0 Å². The largest absolute Gasteiger partial charge is 0.504 e. The average molecular weight is 410 g/mol. The molecule has 0 spiro atoms. The zero-order valence-corrected chi connectivity index (χ0v) is 16.8. The van der Waals surface area contributed by atoms with E-state index in [-0.39, 0.29) is 11.4 Å². The van der Waals surface area contributed by atoms with Crippen LogP contribution in [0.2, 0.25) is 0 Å². The zero-order chi connectivity index (χ0) is 21.5. The van der Waals surface area contributed by atoms with Crippen LogP contribution < -0.4 is 19.6 Å². The minimum absolute atomic E-state index is 0.0466. The summed E-state index contributed by atoms with van der Waals surface area (Å²) < 4.78 is 15.8. The van der Waals surface area contributed by atoms with Gasteiger partial charge in [0, 0.05) is 11.1 Å². The van der Waals surface area contributed by atoms with Crippen molar-refractivity contribution in [3.63, 3.8) is 0 Å². The van der Waals surface area contributed by atoms with Crippen molar-refractivity contribution in [2.24, 2.45) is 5.10 Å². The molecule has 0 fully saturated rings. The topological polar surface area (TPSA) is 118 Å². The second kappa shape index (κ2) is 9.46. The first-order valence-corrected chi connectivity index (χ1v) is 9.13. The number of aromatic hydroxyl groups is 1. The molecule has 3 aromatic rings. The number of hydrazone groups is 1. The molecular weight excluding hydrogens is 388 g/mol. The number of nitrogens with one attached hydrogen (secondary N) is 2. The molecule has 0 atom stereocenters. The van der Waals surface area contributed by atoms with Gasteiger partial charge in [-0.1, -0.05) is 6.07 Å². The molecule has 3 N–H and O–H groups in total. The molecule has 0 radical (unpaired) electrons. The molecule has 1 amide bonds. The third-order valence-corrected chi connectivity index (χ3v) is 4.20. The fourth-order valence-corrected chi connectivity index (χ4v) is 2.72. The summed E-state index contributed by atoms with van der Waals surface area (Å²) in [4.78, 5) is 12.3. The Morgan fingerprint density at radius 1 is 1.17 bits per heavy atom. The molecule has 156 valence electrons. The number of nitrogens with zero attached hydrogens (tertiary/aromatic N) is 2. The van der Waals surface area contributed by atoms with Crippen LogP contribution in [0.5, 0.6) is 23.0 Å². The molecule has 3 rings (SSSR count). The zero-order valence-electron chi connectivity index (χ0n) is 16.8. The lowest BCUT2D eigenvalue weighted by Gasteiger charge is -2.08. The van der Waals surface area contributed by atoms with Crippen LogP contribution in [0.1, 0.15) is 23.0 Å². The monoisotopic (exact) mass is 410 g/mol. The second-order valence-electron chi connectivity index (χ2n) is 6.06. The summed E-state index contributed by atoms with van der Waals surface area (Å²) in [5, 5.41) is 20.9. The summed E-state index contributed by atoms with van der Waals surface area (Å²) >= 11 is 0. The van der Waals surface area contributed by atoms with E-state index >= 15 is 0 Å². The van der Waals surface area contributed by atoms with Crippen molar-refractivity contribution in [1.82, 2.24) is 15.6 Å². The molecule has 9 nitrogen and oxygen atoms in total. The summed E-state index contributed by atoms with van der Waals surface area (Å²) in [7, 11) is 3.10. The van der Waals surface area contributed by atoms with Crippen LogP contribution in [0.25, 0.3) is 11.3 Å². The fourth-order valence-electron chi connectivity index (χ4n) is 2.72. The van der Waals surface area contributed by atoms with Crippen LogP contribution in [0.4, 0.5) is 0 Å². The third-order valence-electron chi connectivity index (χ3n) is 4.20. The molecule has 30 heavy (non-hydrogen) atoms. The highest BCUT2D eigenvalue weighted by atomic mass is 16.5. The van der Waals surface area contributed by atoms with Crippen LogP contribution >= 0.6 is 0 Å². The van der Waals surface area contributed by atoms with Gasteiger partial charge in [0.1, 0.15) is 5.69 Å². The molecule has 0 saturated carbocycles. The van der Waals surface area contributed by atoms with E-state index in [0.29, 0.717) is 35.1 Å². The Balaban J connectivity index is 1.70. The number of amides is 1. The number of ether oxygens (including phenoxy) is 3. The van der Waals surface area contributed by atoms with Gasteiger partial charge in [-0.05, 0) is 43.3 Å². The molecule has 1 aromatic heterocycles. The first-order chi connectivity index (χ1) is 14.6. The van der Waals surface area contributed by atoms with E-state index in [2.05, 4.69) is 20.7 Å². The number of hydrogen-bond donors (Lipinski definition) is 3. The number of aromatic amines is 1. The average Bonchev–Trinajstić information content (AvgIpc) is 3.26. The van der Waals surface area contributed by atoms with Crippen LogP contribution in [-0.2, 0) is 0 Å². The summed E-state index contributed by atoms with van der Waals surface area (Å²) in [6, 6.07) is 12.0. The smallest absolute Gasteiger partial charge is 0.289 e. The van der Waals surface area contributed by atoms with Crippen molar-refractivity contribution < 1.29 is 24.1 Å². The van der Waals surface area contributed by atoms with Gasteiger partial charge in [0.25, 0.3) is 5.91 Å². The molecule has 0 aliphatic heterocycles. The number of methoxy groups -OCH3 is 2. The number of aromatic nitrogens is 2. The molecule has 0 aliphatic rings. The molecule has 0 aliphatic carbocycles. The summed E-state index contributed by atoms with van der Waals surface area (Å²) in [5.74, 6) is 0.977. The second-order valence-corrected chi connectivity index (χ2v) is 6.06. The summed E-state index contributed by atoms with van der Waals surface area (Å²) in [6.45, 7) is 2.24. The SMILES string of the molecule is CCOc1cccc(C=NNC(=O)c2cc(-c3ccc(OC)c(OC)c3)n[nH]2)c1O. The predicted octanol–water partition coefficient (Wildman–Crippen LogP) is 2.96. The summed E-state index contributed by atoms with van der Waals surface area (Å²) in [6.07, 6.45) is 1.33. The normalized spacial score (nSPS) is 10.8. The molecular formula is C21H22N4O5. The number of phenols is 1. The van der Waals surface area contributed by atoms with Gasteiger partial charge in [-0.25, -0.2) is 5.43 Å². The number of rotatable bonds is 8. The first-order valence-electron chi connectivity index (χ1n) is 9.13. The van der Waals surface area contributed by atoms with Gasteiger partial charge in [0.2, 0.25) is 0 Å². The molecule has 0 unspecified atom stereocenters. The van der Waals surface area contributed by atoms with E-state index in [1.54, 1.807) is 50.6 Å². The van der Waals surface area contributed by atoms with Crippen molar-refractivity contribution >= 4 is 12.1 Å². The van der Waals surface area contributed by atoms with E-state index in [4.69, 9.17) is 14.2 Å². The third kappa shape index (κ3) is 4.52. The van der Waals surface area contributed by atoms with Crippen molar-refractivity contribution in [2.75, 3.05) is 20.8 Å². The number of para-hydroxylation sites is 1. The Morgan fingerprint density at radius 3 is 2.70 bits per heavy atom. The molecule has 0 saturated heterocycles. The molecule has 0 bridgehead atoms. The number of benzene rings is 2. The highest BCUT2D eigenvalue weighted by molar-refractivity contribution is 5.94. The lowest BCUT2D eigenvalue weighted by atomic mass is 10.1. The maximum atomic E-state index is 12.3. The number of carbonyl (C=O) groups is 1. The number of H-pyrrole nitrogens is 1. The highest BCUT2D eigenvalue weighted by Crippen LogP contribution is 2.31. The number of carbonyl (C=O) groups excluding carboxylic acids is 1. The van der Waals surface area contributed by atoms with Gasteiger partial charge < -0.3 is 19.3 Å². The first kappa shape index (κ1) is 20.7. The Bertz CT molecular complexity index is 1060. The lowest BCUT2D eigenvalue weighted by Crippen LogP contribution is -2.18. The molecule has 9 heteroatoms. The van der Waals surface area contributed by atoms with Gasteiger partial charge in [-0.2, -0.15) is 10.2 Å². The van der Waals surface area contributed by atoms with Crippen molar-refractivity contribution in [1.29, 1.82) is 0 Å². The Labute approximate surface area is 173 Å². The maximum absolute atomic E-state index is 12.3. The fraction of sp³-hybridized carbons (Fsp3) is 0.190. The summed E-state index contributed by atoms with van der Waals surface area (Å²) in [5.41, 5.74) is 4.35. The van der Waals surface area contributed by atoms with E-state index in [1.807, 2.05) is 13.0 Å². The Morgan fingerprint density at radius 2 is 1.97 bits per heavy atom. The predicted molar refractivity (Wildman–Crippen MR) is 111 cm³/mol. The van der Waals surface area contributed by atoms with Gasteiger partial charge in [0.15, 0.2) is 23.0 Å². The minimum atomic E-state index is -0.481. The number of phenolic OH excluding ortho intramolecular Hbond substituents is 1. The Kier molecular flexibility index (Phi) is 6.53. The van der Waals surface area contributed by atoms with Gasteiger partial charge in [-0.15, -0.1) is 0 Å². The van der Waals surface area contributed by atoms with Crippen LogP contribution in [0.3, 0.4) is 0 Å². The van der Waals surface area contributed by atoms with Gasteiger partial charge >= 0.3 is 0 Å².